The van der Waals surface area contributed by atoms with Crippen LogP contribution in [0.1, 0.15) is 47.1 Å². The fraction of sp³-hybridized carbons (Fsp3) is 0.458. The van der Waals surface area contributed by atoms with Crippen LogP contribution in [-0.4, -0.2) is 45.0 Å². The predicted octanol–water partition coefficient (Wildman–Crippen LogP) is 3.00. The molecule has 0 aliphatic carbocycles. The fourth-order valence-electron chi connectivity index (χ4n) is 4.95. The molecule has 1 fully saturated rings. The third-order valence-corrected chi connectivity index (χ3v) is 6.72. The molecule has 1 saturated heterocycles. The molecule has 3 aromatic rings. The maximum atomic E-state index is 13.3. The summed E-state index contributed by atoms with van der Waals surface area (Å²) in [6.07, 6.45) is 2.94. The van der Waals surface area contributed by atoms with E-state index in [4.69, 9.17) is 4.98 Å². The number of rotatable bonds is 2. The fourth-order valence-corrected chi connectivity index (χ4v) is 4.95. The van der Waals surface area contributed by atoms with Gasteiger partial charge in [0, 0.05) is 44.0 Å². The van der Waals surface area contributed by atoms with Gasteiger partial charge >= 0.3 is 0 Å². The van der Waals surface area contributed by atoms with Gasteiger partial charge in [-0.1, -0.05) is 18.6 Å². The van der Waals surface area contributed by atoms with Crippen LogP contribution in [0.2, 0.25) is 0 Å². The summed E-state index contributed by atoms with van der Waals surface area (Å²) in [5, 5.41) is 1.06. The standard InChI is InChI=1S/C24H29N5O2/c1-15-6-7-20-17(11-15)12-21(27(20)3)23(31)28-10-8-19-18(14-28)22(30)26-24(25-19)29-9-4-5-16(2)13-29/h6-7,11-12,16H,4-5,8-10,13-14H2,1-3H3,(H,25,26,30)/t16-/m1/s1. The number of fused-ring (bicyclic) bond motifs is 2. The highest BCUT2D eigenvalue weighted by atomic mass is 16.2. The summed E-state index contributed by atoms with van der Waals surface area (Å²) < 4.78 is 1.94. The normalized spacial score (nSPS) is 19.0. The lowest BCUT2D eigenvalue weighted by molar-refractivity contribution is 0.0723. The number of carbonyl (C=O) groups excluding carboxylic acids is 1. The lowest BCUT2D eigenvalue weighted by Crippen LogP contribution is -2.42. The Hall–Kier alpha value is -3.09. The molecular weight excluding hydrogens is 390 g/mol. The van der Waals surface area contributed by atoms with Crippen LogP contribution in [0.4, 0.5) is 5.95 Å². The Kier molecular flexibility index (Phi) is 4.84. The number of aromatic amines is 1. The van der Waals surface area contributed by atoms with Gasteiger partial charge in [-0.25, -0.2) is 4.98 Å². The minimum Gasteiger partial charge on any atom is -0.342 e. The second kappa shape index (κ2) is 7.55. The van der Waals surface area contributed by atoms with Crippen molar-refractivity contribution in [3.8, 4) is 0 Å². The smallest absolute Gasteiger partial charge is 0.270 e. The van der Waals surface area contributed by atoms with Crippen LogP contribution in [-0.2, 0) is 20.0 Å². The first-order chi connectivity index (χ1) is 14.9. The molecule has 31 heavy (non-hydrogen) atoms. The molecular formula is C24H29N5O2. The maximum Gasteiger partial charge on any atom is 0.270 e. The first-order valence-corrected chi connectivity index (χ1v) is 11.1. The largest absolute Gasteiger partial charge is 0.342 e. The van der Waals surface area contributed by atoms with Gasteiger partial charge in [-0.15, -0.1) is 0 Å². The van der Waals surface area contributed by atoms with Crippen LogP contribution in [0.15, 0.2) is 29.1 Å². The summed E-state index contributed by atoms with van der Waals surface area (Å²) in [5.41, 5.74) is 4.17. The van der Waals surface area contributed by atoms with Crippen LogP contribution in [0.25, 0.3) is 10.9 Å². The second-order valence-corrected chi connectivity index (χ2v) is 9.14. The van der Waals surface area contributed by atoms with Gasteiger partial charge in [0.1, 0.15) is 5.69 Å². The molecule has 2 aliphatic heterocycles. The number of benzene rings is 1. The molecule has 1 atom stereocenters. The number of nitrogens with one attached hydrogen (secondary N) is 1. The summed E-state index contributed by atoms with van der Waals surface area (Å²) in [6, 6.07) is 8.14. The SMILES string of the molecule is Cc1ccc2c(c1)cc(C(=O)N1CCc3nc(N4CCC[C@@H](C)C4)[nH]c(=O)c3C1)n2C. The maximum absolute atomic E-state index is 13.3. The number of hydrogen-bond acceptors (Lipinski definition) is 4. The Balaban J connectivity index is 1.41. The van der Waals surface area contributed by atoms with Gasteiger partial charge in [-0.2, -0.15) is 0 Å². The van der Waals surface area contributed by atoms with E-state index >= 15 is 0 Å². The molecule has 1 amide bonds. The Bertz CT molecular complexity index is 1220. The van der Waals surface area contributed by atoms with E-state index in [0.29, 0.717) is 42.6 Å². The van der Waals surface area contributed by atoms with Gasteiger partial charge in [0.2, 0.25) is 5.95 Å². The monoisotopic (exact) mass is 419 g/mol. The zero-order valence-corrected chi connectivity index (χ0v) is 18.4. The average molecular weight is 420 g/mol. The quantitative estimate of drug-likeness (QED) is 0.693. The molecule has 2 aliphatic rings. The second-order valence-electron chi connectivity index (χ2n) is 9.14. The van der Waals surface area contributed by atoms with E-state index in [9.17, 15) is 9.59 Å². The van der Waals surface area contributed by atoms with Crippen molar-refractivity contribution in [2.75, 3.05) is 24.5 Å². The number of H-pyrrole nitrogens is 1. The minimum atomic E-state index is -0.122. The molecule has 2 aromatic heterocycles. The highest BCUT2D eigenvalue weighted by Gasteiger charge is 2.28. The van der Waals surface area contributed by atoms with E-state index in [1.165, 1.54) is 12.0 Å². The molecule has 4 heterocycles. The highest BCUT2D eigenvalue weighted by Crippen LogP contribution is 2.25. The predicted molar refractivity (Wildman–Crippen MR) is 122 cm³/mol. The van der Waals surface area contributed by atoms with Gasteiger partial charge in [0.15, 0.2) is 0 Å². The summed E-state index contributed by atoms with van der Waals surface area (Å²) in [7, 11) is 1.92. The zero-order valence-electron chi connectivity index (χ0n) is 18.4. The lowest BCUT2D eigenvalue weighted by Gasteiger charge is -2.33. The van der Waals surface area contributed by atoms with Crippen molar-refractivity contribution in [1.82, 2.24) is 19.4 Å². The Morgan fingerprint density at radius 2 is 2.06 bits per heavy atom. The molecule has 5 rings (SSSR count). The van der Waals surface area contributed by atoms with Crippen LogP contribution in [0.3, 0.4) is 0 Å². The van der Waals surface area contributed by atoms with Gasteiger partial charge in [0.25, 0.3) is 11.5 Å². The highest BCUT2D eigenvalue weighted by molar-refractivity contribution is 5.99. The number of hydrogen-bond donors (Lipinski definition) is 1. The van der Waals surface area contributed by atoms with Crippen LogP contribution in [0, 0.1) is 12.8 Å². The Morgan fingerprint density at radius 3 is 2.87 bits per heavy atom. The summed E-state index contributed by atoms with van der Waals surface area (Å²) in [6.45, 7) is 7.00. The number of aromatic nitrogens is 3. The van der Waals surface area contributed by atoms with Crippen LogP contribution >= 0.6 is 0 Å². The van der Waals surface area contributed by atoms with Gasteiger partial charge in [-0.05, 0) is 43.9 Å². The van der Waals surface area contributed by atoms with E-state index in [1.54, 1.807) is 4.90 Å². The van der Waals surface area contributed by atoms with Crippen molar-refractivity contribution in [3.63, 3.8) is 0 Å². The van der Waals surface area contributed by atoms with E-state index in [-0.39, 0.29) is 11.5 Å². The third-order valence-electron chi connectivity index (χ3n) is 6.72. The van der Waals surface area contributed by atoms with Crippen molar-refractivity contribution >= 4 is 22.8 Å². The number of carbonyl (C=O) groups is 1. The molecule has 0 radical (unpaired) electrons. The van der Waals surface area contributed by atoms with Gasteiger partial charge < -0.3 is 14.4 Å². The van der Waals surface area contributed by atoms with Crippen LogP contribution in [0.5, 0.6) is 0 Å². The molecule has 0 spiro atoms. The van der Waals surface area contributed by atoms with Crippen molar-refractivity contribution in [3.05, 3.63) is 57.1 Å². The number of anilines is 1. The Morgan fingerprint density at radius 1 is 1.23 bits per heavy atom. The molecule has 0 saturated carbocycles. The lowest BCUT2D eigenvalue weighted by atomic mass is 10.0. The van der Waals surface area contributed by atoms with Crippen LogP contribution < -0.4 is 10.5 Å². The van der Waals surface area contributed by atoms with Crippen molar-refractivity contribution in [2.45, 2.75) is 39.7 Å². The molecule has 0 unspecified atom stereocenters. The average Bonchev–Trinajstić information content (AvgIpc) is 3.08. The topological polar surface area (TPSA) is 74.2 Å². The molecule has 1 N–H and O–H groups in total. The first-order valence-electron chi connectivity index (χ1n) is 11.1. The summed E-state index contributed by atoms with van der Waals surface area (Å²) in [4.78, 5) is 37.9. The zero-order chi connectivity index (χ0) is 21.7. The third kappa shape index (κ3) is 3.52. The summed E-state index contributed by atoms with van der Waals surface area (Å²) >= 11 is 0. The van der Waals surface area contributed by atoms with E-state index in [1.807, 2.05) is 30.7 Å². The first kappa shape index (κ1) is 19.8. The van der Waals surface area contributed by atoms with E-state index in [2.05, 4.69) is 28.9 Å². The minimum absolute atomic E-state index is 0.0460. The van der Waals surface area contributed by atoms with Crippen molar-refractivity contribution in [1.29, 1.82) is 0 Å². The number of aryl methyl sites for hydroxylation is 2. The number of nitrogens with zero attached hydrogens (tertiary/aromatic N) is 4. The summed E-state index contributed by atoms with van der Waals surface area (Å²) in [5.74, 6) is 1.24. The molecule has 1 aromatic carbocycles. The van der Waals surface area contributed by atoms with E-state index in [0.717, 1.165) is 36.1 Å². The van der Waals surface area contributed by atoms with Gasteiger partial charge in [-0.3, -0.25) is 14.6 Å². The number of amides is 1. The van der Waals surface area contributed by atoms with Gasteiger partial charge in [0.05, 0.1) is 17.8 Å². The number of piperidine rings is 1. The Labute approximate surface area is 181 Å². The van der Waals surface area contributed by atoms with E-state index < -0.39 is 0 Å². The molecule has 0 bridgehead atoms. The molecule has 7 nitrogen and oxygen atoms in total. The van der Waals surface area contributed by atoms with Crippen molar-refractivity contribution < 1.29 is 4.79 Å². The van der Waals surface area contributed by atoms with Crippen molar-refractivity contribution in [2.24, 2.45) is 13.0 Å². The molecule has 162 valence electrons. The molecule has 7 heteroatoms.